The molecule has 6 nitrogen and oxygen atoms in total. The van der Waals surface area contributed by atoms with Gasteiger partial charge in [0.05, 0.1) is 36.6 Å². The molecule has 0 radical (unpaired) electrons. The SMILES string of the molecule is CCC(NC(=O)c1cc(C(=O)NC(c2ccc(F)cc2)C(C)C)c2n1CCOC2)c1ccccc1. The zero-order chi connectivity index (χ0) is 24.9. The van der Waals surface area contributed by atoms with Crippen molar-refractivity contribution < 1.29 is 18.7 Å². The van der Waals surface area contributed by atoms with E-state index in [1.54, 1.807) is 18.2 Å². The van der Waals surface area contributed by atoms with Crippen LogP contribution in [0, 0.1) is 11.7 Å². The molecule has 35 heavy (non-hydrogen) atoms. The molecule has 2 aromatic carbocycles. The van der Waals surface area contributed by atoms with Gasteiger partial charge in [-0.05, 0) is 41.7 Å². The van der Waals surface area contributed by atoms with Crippen LogP contribution in [0.25, 0.3) is 0 Å². The van der Waals surface area contributed by atoms with E-state index in [0.717, 1.165) is 17.5 Å². The van der Waals surface area contributed by atoms with Crippen molar-refractivity contribution in [3.05, 3.63) is 94.6 Å². The standard InChI is InChI=1S/C28H32FN3O3/c1-4-23(19-8-6-5-7-9-19)30-28(34)24-16-22(25-17-35-15-14-32(24)25)27(33)31-26(18(2)3)20-10-12-21(29)13-11-20/h5-13,16,18,23,26H,4,14-15,17H2,1-3H3,(H,30,34)(H,31,33). The first-order valence-corrected chi connectivity index (χ1v) is 12.1. The van der Waals surface area contributed by atoms with Crippen LogP contribution in [0.2, 0.25) is 0 Å². The summed E-state index contributed by atoms with van der Waals surface area (Å²) in [5.74, 6) is -0.742. The Kier molecular flexibility index (Phi) is 7.66. The molecule has 0 bridgehead atoms. The molecular weight excluding hydrogens is 445 g/mol. The molecule has 2 atom stereocenters. The van der Waals surface area contributed by atoms with Gasteiger partial charge in [0, 0.05) is 6.54 Å². The van der Waals surface area contributed by atoms with E-state index in [1.807, 2.05) is 55.7 Å². The van der Waals surface area contributed by atoms with Gasteiger partial charge in [-0.15, -0.1) is 0 Å². The van der Waals surface area contributed by atoms with Crippen molar-refractivity contribution in [2.45, 2.75) is 52.4 Å². The van der Waals surface area contributed by atoms with Gasteiger partial charge < -0.3 is 19.9 Å². The summed E-state index contributed by atoms with van der Waals surface area (Å²) in [5.41, 5.74) is 3.43. The van der Waals surface area contributed by atoms with Gasteiger partial charge in [0.15, 0.2) is 0 Å². The van der Waals surface area contributed by atoms with E-state index < -0.39 is 0 Å². The Morgan fingerprint density at radius 1 is 1.00 bits per heavy atom. The van der Waals surface area contributed by atoms with Gasteiger partial charge in [-0.25, -0.2) is 4.39 Å². The van der Waals surface area contributed by atoms with Crippen molar-refractivity contribution in [1.82, 2.24) is 15.2 Å². The molecule has 0 saturated heterocycles. The number of rotatable bonds is 8. The van der Waals surface area contributed by atoms with Gasteiger partial charge in [0.2, 0.25) is 0 Å². The van der Waals surface area contributed by atoms with Gasteiger partial charge in [0.25, 0.3) is 11.8 Å². The minimum Gasteiger partial charge on any atom is -0.373 e. The minimum atomic E-state index is -0.322. The second-order valence-electron chi connectivity index (χ2n) is 9.19. The molecule has 2 N–H and O–H groups in total. The monoisotopic (exact) mass is 477 g/mol. The highest BCUT2D eigenvalue weighted by Gasteiger charge is 2.29. The fourth-order valence-electron chi connectivity index (χ4n) is 4.57. The predicted octanol–water partition coefficient (Wildman–Crippen LogP) is 5.17. The van der Waals surface area contributed by atoms with Gasteiger partial charge in [-0.3, -0.25) is 9.59 Å². The van der Waals surface area contributed by atoms with E-state index in [4.69, 9.17) is 4.74 Å². The smallest absolute Gasteiger partial charge is 0.268 e. The molecule has 2 amide bonds. The zero-order valence-electron chi connectivity index (χ0n) is 20.4. The molecule has 2 unspecified atom stereocenters. The van der Waals surface area contributed by atoms with Gasteiger partial charge in [-0.2, -0.15) is 0 Å². The van der Waals surface area contributed by atoms with Crippen LogP contribution in [-0.4, -0.2) is 23.0 Å². The number of carbonyl (C=O) groups is 2. The fourth-order valence-corrected chi connectivity index (χ4v) is 4.57. The minimum absolute atomic E-state index is 0.0815. The van der Waals surface area contributed by atoms with E-state index in [9.17, 15) is 14.0 Å². The van der Waals surface area contributed by atoms with E-state index in [2.05, 4.69) is 10.6 Å². The third-order valence-electron chi connectivity index (χ3n) is 6.48. The lowest BCUT2D eigenvalue weighted by atomic mass is 9.95. The summed E-state index contributed by atoms with van der Waals surface area (Å²) in [6.45, 7) is 7.26. The number of amides is 2. The largest absolute Gasteiger partial charge is 0.373 e. The zero-order valence-corrected chi connectivity index (χ0v) is 20.4. The van der Waals surface area contributed by atoms with Crippen LogP contribution in [0.3, 0.4) is 0 Å². The number of hydrogen-bond acceptors (Lipinski definition) is 3. The van der Waals surface area contributed by atoms with Gasteiger partial charge >= 0.3 is 0 Å². The Balaban J connectivity index is 1.60. The predicted molar refractivity (Wildman–Crippen MR) is 132 cm³/mol. The van der Waals surface area contributed by atoms with E-state index in [1.165, 1.54) is 12.1 Å². The normalized spacial score (nSPS) is 14.8. The van der Waals surface area contributed by atoms with Crippen LogP contribution in [-0.2, 0) is 17.9 Å². The van der Waals surface area contributed by atoms with Crippen LogP contribution in [0.1, 0.15) is 76.9 Å². The molecule has 7 heteroatoms. The lowest BCUT2D eigenvalue weighted by Gasteiger charge is -2.24. The van der Waals surface area contributed by atoms with Crippen molar-refractivity contribution in [3.63, 3.8) is 0 Å². The fraction of sp³-hybridized carbons (Fsp3) is 0.357. The number of hydrogen-bond donors (Lipinski definition) is 2. The van der Waals surface area contributed by atoms with Crippen molar-refractivity contribution in [1.29, 1.82) is 0 Å². The average Bonchev–Trinajstić information content (AvgIpc) is 3.27. The summed E-state index contributed by atoms with van der Waals surface area (Å²) in [4.78, 5) is 26.8. The van der Waals surface area contributed by atoms with Gasteiger partial charge in [-0.1, -0.05) is 63.2 Å². The topological polar surface area (TPSA) is 72.4 Å². The Morgan fingerprint density at radius 2 is 1.71 bits per heavy atom. The van der Waals surface area contributed by atoms with Crippen molar-refractivity contribution in [2.24, 2.45) is 5.92 Å². The third-order valence-corrected chi connectivity index (χ3v) is 6.48. The lowest BCUT2D eigenvalue weighted by molar-refractivity contribution is 0.0771. The number of aromatic nitrogens is 1. The average molecular weight is 478 g/mol. The summed E-state index contributed by atoms with van der Waals surface area (Å²) in [6.07, 6.45) is 0.744. The molecule has 0 aliphatic carbocycles. The molecule has 0 fully saturated rings. The highest BCUT2D eigenvalue weighted by molar-refractivity contribution is 6.01. The molecule has 0 saturated carbocycles. The maximum absolute atomic E-state index is 13.4. The van der Waals surface area contributed by atoms with Crippen molar-refractivity contribution in [2.75, 3.05) is 6.61 Å². The van der Waals surface area contributed by atoms with Crippen LogP contribution >= 0.6 is 0 Å². The van der Waals surface area contributed by atoms with E-state index in [-0.39, 0.29) is 42.2 Å². The first-order valence-electron chi connectivity index (χ1n) is 12.1. The van der Waals surface area contributed by atoms with Crippen LogP contribution in [0.4, 0.5) is 4.39 Å². The first-order chi connectivity index (χ1) is 16.9. The summed E-state index contributed by atoms with van der Waals surface area (Å²) >= 11 is 0. The molecule has 184 valence electrons. The highest BCUT2D eigenvalue weighted by atomic mass is 19.1. The number of fused-ring (bicyclic) bond motifs is 1. The van der Waals surface area contributed by atoms with Crippen LogP contribution in [0.5, 0.6) is 0 Å². The summed E-state index contributed by atoms with van der Waals surface area (Å²) in [7, 11) is 0. The molecule has 2 heterocycles. The van der Waals surface area contributed by atoms with E-state index >= 15 is 0 Å². The summed E-state index contributed by atoms with van der Waals surface area (Å²) in [6, 6.07) is 17.2. The number of halogens is 1. The molecule has 1 aromatic heterocycles. The molecule has 0 spiro atoms. The highest BCUT2D eigenvalue weighted by Crippen LogP contribution is 2.26. The second kappa shape index (κ2) is 10.9. The molecule has 1 aliphatic rings. The van der Waals surface area contributed by atoms with Crippen LogP contribution < -0.4 is 10.6 Å². The Hall–Kier alpha value is -3.45. The number of ether oxygens (including phenoxy) is 1. The number of benzene rings is 2. The Labute approximate surface area is 205 Å². The third kappa shape index (κ3) is 5.46. The molecule has 3 aromatic rings. The quantitative estimate of drug-likeness (QED) is 0.470. The van der Waals surface area contributed by atoms with Crippen LogP contribution in [0.15, 0.2) is 60.7 Å². The lowest BCUT2D eigenvalue weighted by Crippen LogP contribution is -2.33. The second-order valence-corrected chi connectivity index (χ2v) is 9.19. The number of nitrogens with zero attached hydrogens (tertiary/aromatic N) is 1. The number of nitrogens with one attached hydrogen (secondary N) is 2. The molecular formula is C28H32FN3O3. The Bertz CT molecular complexity index is 1170. The summed E-state index contributed by atoms with van der Waals surface area (Å²) in [5, 5.41) is 6.21. The maximum Gasteiger partial charge on any atom is 0.268 e. The molecule has 4 rings (SSSR count). The molecule has 1 aliphatic heterocycles. The number of carbonyl (C=O) groups excluding carboxylic acids is 2. The first kappa shape index (κ1) is 24.7. The maximum atomic E-state index is 13.4. The van der Waals surface area contributed by atoms with Gasteiger partial charge in [0.1, 0.15) is 11.5 Å². The Morgan fingerprint density at radius 3 is 2.37 bits per heavy atom. The van der Waals surface area contributed by atoms with E-state index in [0.29, 0.717) is 30.1 Å². The van der Waals surface area contributed by atoms with Crippen molar-refractivity contribution >= 4 is 11.8 Å². The van der Waals surface area contributed by atoms with Crippen molar-refractivity contribution in [3.8, 4) is 0 Å². The summed E-state index contributed by atoms with van der Waals surface area (Å²) < 4.78 is 20.9.